The first-order chi connectivity index (χ1) is 13.0. The maximum Gasteiger partial charge on any atom is 0.258 e. The van der Waals surface area contributed by atoms with Gasteiger partial charge in [0.15, 0.2) is 0 Å². The van der Waals surface area contributed by atoms with Crippen molar-refractivity contribution < 1.29 is 18.9 Å². The molecule has 0 spiro atoms. The third kappa shape index (κ3) is 2.79. The number of nitriles is 2. The van der Waals surface area contributed by atoms with E-state index in [9.17, 15) is 10.5 Å². The molecule has 1 fully saturated rings. The van der Waals surface area contributed by atoms with E-state index in [0.717, 1.165) is 0 Å². The molecule has 0 unspecified atom stereocenters. The van der Waals surface area contributed by atoms with Crippen LogP contribution >= 0.6 is 0 Å². The minimum atomic E-state index is -1.68. The average Bonchev–Trinajstić information content (AvgIpc) is 2.66. The highest BCUT2D eigenvalue weighted by molar-refractivity contribution is 5.49. The molecule has 0 heterocycles. The van der Waals surface area contributed by atoms with Crippen LogP contribution in [0.3, 0.4) is 0 Å². The molecule has 0 aliphatic heterocycles. The van der Waals surface area contributed by atoms with E-state index in [0.29, 0.717) is 24.5 Å². The van der Waals surface area contributed by atoms with E-state index in [1.165, 1.54) is 0 Å². The summed E-state index contributed by atoms with van der Waals surface area (Å²) in [6.07, 6.45) is 0. The lowest BCUT2D eigenvalue weighted by Gasteiger charge is -2.66. The second-order valence-electron chi connectivity index (χ2n) is 6.15. The first kappa shape index (κ1) is 21.1. The number of rotatable bonds is 9. The minimum Gasteiger partial charge on any atom is -0.399 e. The molecule has 0 bridgehead atoms. The highest BCUT2D eigenvalue weighted by Crippen LogP contribution is 2.69. The highest BCUT2D eigenvalue weighted by Gasteiger charge is 2.87. The molecule has 1 aliphatic carbocycles. The Morgan fingerprint density at radius 3 is 1.67 bits per heavy atom. The number of benzene rings is 1. The zero-order valence-electron chi connectivity index (χ0n) is 16.3. The Kier molecular flexibility index (Phi) is 6.46. The lowest BCUT2D eigenvalue weighted by Crippen LogP contribution is -2.83. The van der Waals surface area contributed by atoms with Gasteiger partial charge in [-0.15, -0.1) is 0 Å². The number of nitrogens with two attached hydrogens (primary N) is 1. The van der Waals surface area contributed by atoms with Gasteiger partial charge < -0.3 is 24.7 Å². The number of hydrogen-bond donors (Lipinski definition) is 1. The summed E-state index contributed by atoms with van der Waals surface area (Å²) in [5.41, 5.74) is 5.44. The van der Waals surface area contributed by atoms with E-state index < -0.39 is 22.9 Å². The Morgan fingerprint density at radius 2 is 1.30 bits per heavy atom. The third-order valence-electron chi connectivity index (χ3n) is 4.83. The second kappa shape index (κ2) is 8.24. The molecule has 0 amide bonds. The Labute approximate surface area is 160 Å². The number of nitrogens with zero attached hydrogens (tertiary/aromatic N) is 2. The van der Waals surface area contributed by atoms with Crippen LogP contribution in [-0.4, -0.2) is 38.0 Å². The molecule has 1 aliphatic rings. The molecular weight excluding hydrogens is 346 g/mol. The maximum atomic E-state index is 10.1. The molecule has 7 nitrogen and oxygen atoms in total. The summed E-state index contributed by atoms with van der Waals surface area (Å²) in [6.45, 7) is 8.23. The van der Waals surface area contributed by atoms with E-state index in [-0.39, 0.29) is 13.2 Å². The van der Waals surface area contributed by atoms with Crippen LogP contribution in [0.25, 0.3) is 0 Å². The first-order valence-electron chi connectivity index (χ1n) is 9.22. The lowest BCUT2D eigenvalue weighted by atomic mass is 9.49. The van der Waals surface area contributed by atoms with Crippen molar-refractivity contribution in [2.75, 3.05) is 32.2 Å². The van der Waals surface area contributed by atoms with Gasteiger partial charge in [-0.3, -0.25) is 0 Å². The third-order valence-corrected chi connectivity index (χ3v) is 4.83. The van der Waals surface area contributed by atoms with E-state index >= 15 is 0 Å². The molecule has 1 aromatic rings. The van der Waals surface area contributed by atoms with Gasteiger partial charge in [-0.05, 0) is 45.4 Å². The van der Waals surface area contributed by atoms with Gasteiger partial charge in [0.25, 0.3) is 5.79 Å². The van der Waals surface area contributed by atoms with Gasteiger partial charge in [-0.2, -0.15) is 10.5 Å². The van der Waals surface area contributed by atoms with Crippen LogP contribution < -0.4 is 5.73 Å². The van der Waals surface area contributed by atoms with Crippen LogP contribution in [0.4, 0.5) is 5.69 Å². The van der Waals surface area contributed by atoms with Gasteiger partial charge in [0.1, 0.15) is 0 Å². The predicted molar refractivity (Wildman–Crippen MR) is 99.2 cm³/mol. The van der Waals surface area contributed by atoms with Crippen molar-refractivity contribution in [3.05, 3.63) is 29.8 Å². The van der Waals surface area contributed by atoms with Crippen molar-refractivity contribution in [1.29, 1.82) is 10.5 Å². The number of nitrogen functional groups attached to an aromatic ring is 1. The Bertz CT molecular complexity index is 694. The predicted octanol–water partition coefficient (Wildman–Crippen LogP) is 2.94. The lowest BCUT2D eigenvalue weighted by molar-refractivity contribution is -0.496. The van der Waals surface area contributed by atoms with Crippen molar-refractivity contribution in [3.63, 3.8) is 0 Å². The van der Waals surface area contributed by atoms with Crippen LogP contribution in [0.5, 0.6) is 0 Å². The molecule has 0 saturated heterocycles. The summed E-state index contributed by atoms with van der Waals surface area (Å²) in [6, 6.07) is 11.3. The van der Waals surface area contributed by atoms with Crippen molar-refractivity contribution in [1.82, 2.24) is 0 Å². The number of anilines is 1. The van der Waals surface area contributed by atoms with Gasteiger partial charge in [-0.1, -0.05) is 12.1 Å². The average molecular weight is 373 g/mol. The molecule has 2 N–H and O–H groups in total. The quantitative estimate of drug-likeness (QED) is 0.523. The minimum absolute atomic E-state index is 0.224. The zero-order chi connectivity index (χ0) is 20.1. The summed E-state index contributed by atoms with van der Waals surface area (Å²) >= 11 is 0. The van der Waals surface area contributed by atoms with E-state index in [2.05, 4.69) is 12.1 Å². The summed E-state index contributed by atoms with van der Waals surface area (Å²) in [7, 11) is 0. The Balaban J connectivity index is 2.79. The monoisotopic (exact) mass is 373 g/mol. The molecule has 2 rings (SSSR count). The largest absolute Gasteiger partial charge is 0.399 e. The molecule has 1 aromatic carbocycles. The zero-order valence-corrected chi connectivity index (χ0v) is 16.3. The van der Waals surface area contributed by atoms with E-state index in [1.807, 2.05) is 13.8 Å². The topological polar surface area (TPSA) is 111 Å². The molecule has 7 heteroatoms. The SMILES string of the molecule is CCOC1(OCC)[C@H](c2ccc(N)cc2)C(C#N)(C#N)C1(OCC)OCC. The summed E-state index contributed by atoms with van der Waals surface area (Å²) < 4.78 is 24.1. The van der Waals surface area contributed by atoms with Gasteiger partial charge in [0.2, 0.25) is 11.2 Å². The number of hydrogen-bond acceptors (Lipinski definition) is 7. The fraction of sp³-hybridized carbons (Fsp3) is 0.600. The molecule has 27 heavy (non-hydrogen) atoms. The Morgan fingerprint density at radius 1 is 0.852 bits per heavy atom. The maximum absolute atomic E-state index is 10.1. The molecule has 1 atom stereocenters. The van der Waals surface area contributed by atoms with Crippen LogP contribution in [0, 0.1) is 28.1 Å². The summed E-state index contributed by atoms with van der Waals surface area (Å²) in [4.78, 5) is 0. The van der Waals surface area contributed by atoms with Gasteiger partial charge >= 0.3 is 0 Å². The molecule has 0 aromatic heterocycles. The van der Waals surface area contributed by atoms with Crippen LogP contribution in [0.15, 0.2) is 24.3 Å². The van der Waals surface area contributed by atoms with Crippen LogP contribution in [0.1, 0.15) is 39.2 Å². The first-order valence-corrected chi connectivity index (χ1v) is 9.22. The summed E-state index contributed by atoms with van der Waals surface area (Å²) in [5, 5.41) is 20.2. The van der Waals surface area contributed by atoms with Crippen LogP contribution in [0.2, 0.25) is 0 Å². The van der Waals surface area contributed by atoms with E-state index in [4.69, 9.17) is 24.7 Å². The molecule has 146 valence electrons. The molecule has 0 radical (unpaired) electrons. The number of ether oxygens (including phenoxy) is 4. The summed E-state index contributed by atoms with van der Waals surface area (Å²) in [5.74, 6) is -3.85. The second-order valence-corrected chi connectivity index (χ2v) is 6.15. The van der Waals surface area contributed by atoms with Gasteiger partial charge in [0.05, 0.1) is 18.1 Å². The fourth-order valence-electron chi connectivity index (χ4n) is 4.03. The molecule has 1 saturated carbocycles. The van der Waals surface area contributed by atoms with Crippen molar-refractivity contribution >= 4 is 5.69 Å². The smallest absolute Gasteiger partial charge is 0.258 e. The fourth-order valence-corrected chi connectivity index (χ4v) is 4.03. The normalized spacial score (nSPS) is 21.6. The van der Waals surface area contributed by atoms with Gasteiger partial charge in [0, 0.05) is 32.1 Å². The molecular formula is C20H27N3O4. The van der Waals surface area contributed by atoms with Crippen molar-refractivity contribution in [3.8, 4) is 12.1 Å². The Hall–Kier alpha value is -2.16. The van der Waals surface area contributed by atoms with Gasteiger partial charge in [-0.25, -0.2) is 0 Å². The van der Waals surface area contributed by atoms with Crippen LogP contribution in [-0.2, 0) is 18.9 Å². The van der Waals surface area contributed by atoms with E-state index in [1.54, 1.807) is 38.1 Å². The highest BCUT2D eigenvalue weighted by atomic mass is 16.8. The van der Waals surface area contributed by atoms with Crippen molar-refractivity contribution in [2.24, 2.45) is 5.41 Å². The standard InChI is InChI=1S/C20H27N3O4/c1-5-24-19(25-6-2)17(15-9-11-16(23)12-10-15)18(13-21,14-22)20(19,26-7-3)27-8-4/h9-12,17H,5-8,23H2,1-4H3/t17-/m1/s1. The van der Waals surface area contributed by atoms with Crippen molar-refractivity contribution in [2.45, 2.75) is 45.2 Å².